The molecule has 0 aromatic heterocycles. The van der Waals surface area contributed by atoms with Crippen LogP contribution >= 0.6 is 0 Å². The lowest BCUT2D eigenvalue weighted by Gasteiger charge is -2.45. The molecule has 1 saturated heterocycles. The van der Waals surface area contributed by atoms with Crippen LogP contribution in [0.2, 0.25) is 0 Å². The van der Waals surface area contributed by atoms with Gasteiger partial charge in [0.15, 0.2) is 0 Å². The van der Waals surface area contributed by atoms with Gasteiger partial charge in [0.05, 0.1) is 5.60 Å². The molecule has 1 atom stereocenters. The van der Waals surface area contributed by atoms with Crippen LogP contribution in [0.5, 0.6) is 0 Å². The highest BCUT2D eigenvalue weighted by Crippen LogP contribution is 2.43. The number of benzene rings is 1. The van der Waals surface area contributed by atoms with Crippen molar-refractivity contribution in [3.05, 3.63) is 35.9 Å². The molecule has 0 unspecified atom stereocenters. The summed E-state index contributed by atoms with van der Waals surface area (Å²) in [6.07, 6.45) is 3.40. The molecular formula is C20H27N3O3. The fourth-order valence-electron chi connectivity index (χ4n) is 4.03. The number of ether oxygens (including phenoxy) is 1. The average molecular weight is 357 g/mol. The summed E-state index contributed by atoms with van der Waals surface area (Å²) in [4.78, 5) is 23.4. The zero-order valence-electron chi connectivity index (χ0n) is 15.5. The van der Waals surface area contributed by atoms with Gasteiger partial charge >= 0.3 is 0 Å². The van der Waals surface area contributed by atoms with Crippen LogP contribution in [-0.4, -0.2) is 36.3 Å². The number of carbonyl (C=O) groups excluding carboxylic acids is 2. The molecule has 26 heavy (non-hydrogen) atoms. The van der Waals surface area contributed by atoms with Gasteiger partial charge in [0.2, 0.25) is 5.91 Å². The minimum absolute atomic E-state index is 0.0150. The first-order valence-corrected chi connectivity index (χ1v) is 9.23. The predicted molar refractivity (Wildman–Crippen MR) is 99.8 cm³/mol. The van der Waals surface area contributed by atoms with E-state index < -0.39 is 0 Å². The molecule has 0 spiro atoms. The Bertz CT molecular complexity index is 700. The monoisotopic (exact) mass is 357 g/mol. The molecule has 3 rings (SSSR count). The number of carbonyl (C=O) groups is 2. The Hall–Kier alpha value is -2.21. The van der Waals surface area contributed by atoms with Gasteiger partial charge in [-0.15, -0.1) is 0 Å². The summed E-state index contributed by atoms with van der Waals surface area (Å²) < 4.78 is 5.93. The van der Waals surface area contributed by atoms with Crippen LogP contribution in [0.25, 0.3) is 0 Å². The minimum Gasteiger partial charge on any atom is -0.376 e. The number of hydrogen-bond donors (Lipinski definition) is 2. The van der Waals surface area contributed by atoms with Gasteiger partial charge in [0.25, 0.3) is 5.91 Å². The standard InChI is InChI=1S/C20H27N3O3/c1-19(2)14-20(11-13-26-19,15-6-4-3-5-7-15)10-12-21-18(25)16-8-9-17(24)23-22-16/h3-7H,8-14H2,1-2H3,(H,21,25)(H,23,24)/t20-/m1/s1. The van der Waals surface area contributed by atoms with Crippen molar-refractivity contribution in [3.63, 3.8) is 0 Å². The molecule has 1 aromatic rings. The SMILES string of the molecule is CC1(C)C[C@](CCNC(=O)C2=NNC(=O)CC2)(c2ccccc2)CCO1. The molecule has 0 radical (unpaired) electrons. The van der Waals surface area contributed by atoms with E-state index >= 15 is 0 Å². The van der Waals surface area contributed by atoms with Crippen molar-refractivity contribution in [2.24, 2.45) is 5.10 Å². The Labute approximate surface area is 154 Å². The Kier molecular flexibility index (Phi) is 5.41. The van der Waals surface area contributed by atoms with Crippen LogP contribution in [0.4, 0.5) is 0 Å². The first-order chi connectivity index (χ1) is 12.4. The van der Waals surface area contributed by atoms with Crippen LogP contribution in [0.3, 0.4) is 0 Å². The van der Waals surface area contributed by atoms with Crippen molar-refractivity contribution in [1.82, 2.24) is 10.7 Å². The summed E-state index contributed by atoms with van der Waals surface area (Å²) >= 11 is 0. The molecule has 1 fully saturated rings. The van der Waals surface area contributed by atoms with Crippen molar-refractivity contribution in [2.45, 2.75) is 57.0 Å². The van der Waals surface area contributed by atoms with Crippen LogP contribution < -0.4 is 10.7 Å². The first-order valence-electron chi connectivity index (χ1n) is 9.23. The van der Waals surface area contributed by atoms with E-state index in [1.165, 1.54) is 5.56 Å². The lowest BCUT2D eigenvalue weighted by atomic mass is 9.67. The molecule has 2 aliphatic rings. The van der Waals surface area contributed by atoms with E-state index in [1.807, 2.05) is 6.07 Å². The van der Waals surface area contributed by atoms with Crippen LogP contribution in [0.1, 0.15) is 51.5 Å². The van der Waals surface area contributed by atoms with Gasteiger partial charge in [-0.25, -0.2) is 5.43 Å². The summed E-state index contributed by atoms with van der Waals surface area (Å²) in [5.41, 5.74) is 3.86. The normalized spacial score (nSPS) is 25.2. The first kappa shape index (κ1) is 18.6. The van der Waals surface area contributed by atoms with Gasteiger partial charge < -0.3 is 10.1 Å². The van der Waals surface area contributed by atoms with Gasteiger partial charge in [-0.05, 0) is 38.7 Å². The molecule has 140 valence electrons. The molecule has 2 heterocycles. The minimum atomic E-state index is -0.195. The second-order valence-corrected chi connectivity index (χ2v) is 7.78. The maximum absolute atomic E-state index is 12.3. The second kappa shape index (κ2) is 7.58. The summed E-state index contributed by atoms with van der Waals surface area (Å²) in [5.74, 6) is -0.339. The number of hydrazone groups is 1. The Morgan fingerprint density at radius 1 is 1.27 bits per heavy atom. The number of amides is 2. The van der Waals surface area contributed by atoms with Gasteiger partial charge in [-0.3, -0.25) is 9.59 Å². The molecule has 2 aliphatic heterocycles. The molecule has 0 bridgehead atoms. The molecule has 6 heteroatoms. The predicted octanol–water partition coefficient (Wildman–Crippen LogP) is 2.29. The van der Waals surface area contributed by atoms with Crippen LogP contribution in [0.15, 0.2) is 35.4 Å². The fraction of sp³-hybridized carbons (Fsp3) is 0.550. The highest BCUT2D eigenvalue weighted by atomic mass is 16.5. The largest absolute Gasteiger partial charge is 0.376 e. The third kappa shape index (κ3) is 4.30. The van der Waals surface area contributed by atoms with E-state index in [9.17, 15) is 9.59 Å². The van der Waals surface area contributed by atoms with Gasteiger partial charge in [-0.1, -0.05) is 30.3 Å². The quantitative estimate of drug-likeness (QED) is 0.848. The summed E-state index contributed by atoms with van der Waals surface area (Å²) in [6, 6.07) is 10.5. The number of nitrogens with one attached hydrogen (secondary N) is 2. The van der Waals surface area contributed by atoms with Gasteiger partial charge in [0.1, 0.15) is 5.71 Å². The number of rotatable bonds is 5. The van der Waals surface area contributed by atoms with Crippen LogP contribution in [-0.2, 0) is 19.7 Å². The van der Waals surface area contributed by atoms with E-state index in [4.69, 9.17) is 4.74 Å². The van der Waals surface area contributed by atoms with E-state index in [0.29, 0.717) is 31.7 Å². The zero-order valence-corrected chi connectivity index (χ0v) is 15.5. The molecule has 2 N–H and O–H groups in total. The molecule has 2 amide bonds. The maximum atomic E-state index is 12.3. The van der Waals surface area contributed by atoms with Crippen molar-refractivity contribution in [1.29, 1.82) is 0 Å². The number of nitrogens with zero attached hydrogens (tertiary/aromatic N) is 1. The second-order valence-electron chi connectivity index (χ2n) is 7.78. The van der Waals surface area contributed by atoms with Crippen molar-refractivity contribution in [2.75, 3.05) is 13.2 Å². The Balaban J connectivity index is 1.67. The van der Waals surface area contributed by atoms with E-state index in [-0.39, 0.29) is 22.8 Å². The smallest absolute Gasteiger partial charge is 0.267 e. The molecule has 6 nitrogen and oxygen atoms in total. The zero-order chi connectivity index (χ0) is 18.6. The Morgan fingerprint density at radius 3 is 2.69 bits per heavy atom. The molecular weight excluding hydrogens is 330 g/mol. The molecule has 1 aromatic carbocycles. The van der Waals surface area contributed by atoms with Crippen LogP contribution in [0, 0.1) is 0 Å². The lowest BCUT2D eigenvalue weighted by molar-refractivity contribution is -0.121. The maximum Gasteiger partial charge on any atom is 0.267 e. The lowest BCUT2D eigenvalue weighted by Crippen LogP contribution is -2.46. The molecule has 0 saturated carbocycles. The third-order valence-electron chi connectivity index (χ3n) is 5.28. The van der Waals surface area contributed by atoms with Gasteiger partial charge in [0, 0.05) is 31.4 Å². The summed E-state index contributed by atoms with van der Waals surface area (Å²) in [7, 11) is 0. The van der Waals surface area contributed by atoms with Crippen molar-refractivity contribution >= 4 is 17.5 Å². The molecule has 0 aliphatic carbocycles. The fourth-order valence-corrected chi connectivity index (χ4v) is 4.03. The number of hydrogen-bond acceptors (Lipinski definition) is 4. The third-order valence-corrected chi connectivity index (χ3v) is 5.28. The topological polar surface area (TPSA) is 79.8 Å². The highest BCUT2D eigenvalue weighted by Gasteiger charge is 2.41. The van der Waals surface area contributed by atoms with Gasteiger partial charge in [-0.2, -0.15) is 5.10 Å². The Morgan fingerprint density at radius 2 is 2.04 bits per heavy atom. The van der Waals surface area contributed by atoms with Crippen molar-refractivity contribution < 1.29 is 14.3 Å². The van der Waals surface area contributed by atoms with E-state index in [1.54, 1.807) is 0 Å². The van der Waals surface area contributed by atoms with E-state index in [0.717, 1.165) is 19.3 Å². The van der Waals surface area contributed by atoms with Crippen molar-refractivity contribution in [3.8, 4) is 0 Å². The average Bonchev–Trinajstić information content (AvgIpc) is 2.62. The summed E-state index contributed by atoms with van der Waals surface area (Å²) in [5, 5.41) is 6.83. The van der Waals surface area contributed by atoms with E-state index in [2.05, 4.69) is 54.0 Å². The highest BCUT2D eigenvalue weighted by molar-refractivity contribution is 6.39. The summed E-state index contributed by atoms with van der Waals surface area (Å²) in [6.45, 7) is 5.54.